The highest BCUT2D eigenvalue weighted by atomic mass is 79.9. The molecule has 0 aromatic rings. The van der Waals surface area contributed by atoms with Gasteiger partial charge in [-0.15, -0.1) is 0 Å². The number of cyclic esters (lactones) is 1. The lowest BCUT2D eigenvalue weighted by Gasteiger charge is -2.20. The second-order valence-corrected chi connectivity index (χ2v) is 6.30. The molecule has 1 atom stereocenters. The number of hydrogen-bond acceptors (Lipinski definition) is 2. The molecule has 0 aromatic carbocycles. The molecule has 0 aliphatic carbocycles. The van der Waals surface area contributed by atoms with Crippen LogP contribution in [0.4, 0.5) is 0 Å². The van der Waals surface area contributed by atoms with Gasteiger partial charge < -0.3 is 4.74 Å². The summed E-state index contributed by atoms with van der Waals surface area (Å²) >= 11 is 6.48. The standard InChI is InChI=1S/C8H10Br2O2/c1-8(2)4-7(11)12-5(8)3-6(9)10/h3,5H,4H2,1-2H3. The maximum absolute atomic E-state index is 11.0. The lowest BCUT2D eigenvalue weighted by atomic mass is 9.86. The first kappa shape index (κ1) is 10.3. The molecular weight excluding hydrogens is 288 g/mol. The van der Waals surface area contributed by atoms with E-state index < -0.39 is 0 Å². The van der Waals surface area contributed by atoms with E-state index in [1.165, 1.54) is 0 Å². The highest BCUT2D eigenvalue weighted by Crippen LogP contribution is 2.36. The second-order valence-electron chi connectivity index (χ2n) is 3.53. The van der Waals surface area contributed by atoms with Gasteiger partial charge in [-0.05, 0) is 37.9 Å². The van der Waals surface area contributed by atoms with Gasteiger partial charge in [-0.3, -0.25) is 4.79 Å². The Bertz CT molecular complexity index is 229. The van der Waals surface area contributed by atoms with Crippen molar-refractivity contribution in [3.8, 4) is 0 Å². The molecule has 1 rings (SSSR count). The van der Waals surface area contributed by atoms with Crippen LogP contribution >= 0.6 is 31.9 Å². The summed E-state index contributed by atoms with van der Waals surface area (Å²) in [4.78, 5) is 11.0. The first-order chi connectivity index (χ1) is 5.42. The molecule has 12 heavy (non-hydrogen) atoms. The average Bonchev–Trinajstić information content (AvgIpc) is 2.04. The molecule has 1 saturated heterocycles. The van der Waals surface area contributed by atoms with E-state index in [4.69, 9.17) is 4.74 Å². The minimum atomic E-state index is -0.126. The van der Waals surface area contributed by atoms with Gasteiger partial charge in [0.25, 0.3) is 0 Å². The predicted molar refractivity (Wildman–Crippen MR) is 54.2 cm³/mol. The molecule has 4 heteroatoms. The van der Waals surface area contributed by atoms with Crippen LogP contribution in [0.2, 0.25) is 0 Å². The van der Waals surface area contributed by atoms with Crippen LogP contribution in [-0.4, -0.2) is 12.1 Å². The van der Waals surface area contributed by atoms with Crippen molar-refractivity contribution in [3.05, 3.63) is 9.47 Å². The summed E-state index contributed by atoms with van der Waals surface area (Å²) in [6.07, 6.45) is 2.21. The lowest BCUT2D eigenvalue weighted by Crippen LogP contribution is -2.21. The molecule has 2 nitrogen and oxygen atoms in total. The molecule has 0 aromatic heterocycles. The Morgan fingerprint density at radius 3 is 2.58 bits per heavy atom. The van der Waals surface area contributed by atoms with Crippen molar-refractivity contribution in [3.63, 3.8) is 0 Å². The Labute approximate surface area is 88.6 Å². The van der Waals surface area contributed by atoms with Crippen LogP contribution in [0.25, 0.3) is 0 Å². The molecule has 1 aliphatic heterocycles. The summed E-state index contributed by atoms with van der Waals surface area (Å²) in [6.45, 7) is 4.03. The monoisotopic (exact) mass is 296 g/mol. The van der Waals surface area contributed by atoms with E-state index in [0.717, 1.165) is 3.39 Å². The first-order valence-corrected chi connectivity index (χ1v) is 5.23. The zero-order valence-corrected chi connectivity index (χ0v) is 10.1. The van der Waals surface area contributed by atoms with Crippen LogP contribution < -0.4 is 0 Å². The molecule has 0 N–H and O–H groups in total. The fraction of sp³-hybridized carbons (Fsp3) is 0.625. The molecule has 0 radical (unpaired) electrons. The average molecular weight is 298 g/mol. The van der Waals surface area contributed by atoms with Crippen molar-refractivity contribution in [1.82, 2.24) is 0 Å². The zero-order chi connectivity index (χ0) is 9.35. The molecule has 0 saturated carbocycles. The first-order valence-electron chi connectivity index (χ1n) is 3.64. The Balaban J connectivity index is 2.78. The molecule has 0 spiro atoms. The van der Waals surface area contributed by atoms with Crippen molar-refractivity contribution in [2.24, 2.45) is 5.41 Å². The summed E-state index contributed by atoms with van der Waals surface area (Å²) in [5, 5.41) is 0. The van der Waals surface area contributed by atoms with Gasteiger partial charge in [-0.25, -0.2) is 0 Å². The van der Waals surface area contributed by atoms with Crippen LogP contribution in [0.15, 0.2) is 9.47 Å². The number of halogens is 2. The van der Waals surface area contributed by atoms with Gasteiger partial charge in [0.2, 0.25) is 0 Å². The minimum absolute atomic E-state index is 0.0934. The number of carbonyl (C=O) groups excluding carboxylic acids is 1. The van der Waals surface area contributed by atoms with Crippen molar-refractivity contribution in [1.29, 1.82) is 0 Å². The van der Waals surface area contributed by atoms with Gasteiger partial charge in [0, 0.05) is 5.41 Å². The predicted octanol–water partition coefficient (Wildman–Crippen LogP) is 2.96. The number of rotatable bonds is 1. The molecule has 0 bridgehead atoms. The Morgan fingerprint density at radius 2 is 2.25 bits per heavy atom. The van der Waals surface area contributed by atoms with Gasteiger partial charge in [-0.2, -0.15) is 0 Å². The number of esters is 1. The van der Waals surface area contributed by atoms with Crippen molar-refractivity contribution < 1.29 is 9.53 Å². The van der Waals surface area contributed by atoms with Gasteiger partial charge in [0.05, 0.1) is 9.81 Å². The third kappa shape index (κ3) is 2.33. The quantitative estimate of drug-likeness (QED) is 0.696. The smallest absolute Gasteiger partial charge is 0.307 e. The van der Waals surface area contributed by atoms with Gasteiger partial charge >= 0.3 is 5.97 Å². The van der Waals surface area contributed by atoms with Crippen LogP contribution in [0, 0.1) is 5.41 Å². The summed E-state index contributed by atoms with van der Waals surface area (Å²) in [6, 6.07) is 0. The van der Waals surface area contributed by atoms with Crippen molar-refractivity contribution in [2.75, 3.05) is 0 Å². The van der Waals surface area contributed by atoms with Gasteiger partial charge in [-0.1, -0.05) is 13.8 Å². The van der Waals surface area contributed by atoms with E-state index in [2.05, 4.69) is 31.9 Å². The van der Waals surface area contributed by atoms with E-state index in [1.54, 1.807) is 0 Å². The molecule has 1 aliphatic rings. The normalized spacial score (nSPS) is 26.7. The van der Waals surface area contributed by atoms with Crippen LogP contribution in [0.3, 0.4) is 0 Å². The summed E-state index contributed by atoms with van der Waals surface area (Å²) in [5.41, 5.74) is -0.0934. The van der Waals surface area contributed by atoms with Crippen LogP contribution in [0.1, 0.15) is 20.3 Å². The van der Waals surface area contributed by atoms with E-state index >= 15 is 0 Å². The topological polar surface area (TPSA) is 26.3 Å². The molecular formula is C8H10Br2O2. The third-order valence-corrected chi connectivity index (χ3v) is 2.43. The maximum Gasteiger partial charge on any atom is 0.307 e. The van der Waals surface area contributed by atoms with E-state index in [0.29, 0.717) is 6.42 Å². The van der Waals surface area contributed by atoms with Crippen LogP contribution in [-0.2, 0) is 9.53 Å². The number of hydrogen-bond donors (Lipinski definition) is 0. The zero-order valence-electron chi connectivity index (χ0n) is 6.93. The molecule has 1 heterocycles. The van der Waals surface area contributed by atoms with E-state index in [-0.39, 0.29) is 17.5 Å². The highest BCUT2D eigenvalue weighted by molar-refractivity contribution is 9.28. The van der Waals surface area contributed by atoms with E-state index in [9.17, 15) is 4.79 Å². The molecule has 68 valence electrons. The number of carbonyl (C=O) groups is 1. The van der Waals surface area contributed by atoms with Crippen molar-refractivity contribution >= 4 is 37.8 Å². The number of ether oxygens (including phenoxy) is 1. The maximum atomic E-state index is 11.0. The SMILES string of the molecule is CC1(C)CC(=O)OC1C=C(Br)Br. The molecule has 1 unspecified atom stereocenters. The summed E-state index contributed by atoms with van der Waals surface area (Å²) in [7, 11) is 0. The fourth-order valence-corrected chi connectivity index (χ4v) is 1.67. The molecule has 0 amide bonds. The van der Waals surface area contributed by atoms with Gasteiger partial charge in [0.15, 0.2) is 0 Å². The second kappa shape index (κ2) is 3.50. The summed E-state index contributed by atoms with van der Waals surface area (Å²) < 4.78 is 5.93. The molecule has 1 fully saturated rings. The largest absolute Gasteiger partial charge is 0.457 e. The third-order valence-electron chi connectivity index (χ3n) is 1.91. The van der Waals surface area contributed by atoms with E-state index in [1.807, 2.05) is 19.9 Å². The lowest BCUT2D eigenvalue weighted by molar-refractivity contribution is -0.140. The van der Waals surface area contributed by atoms with Crippen LogP contribution in [0.5, 0.6) is 0 Å². The van der Waals surface area contributed by atoms with Crippen molar-refractivity contribution in [2.45, 2.75) is 26.4 Å². The highest BCUT2D eigenvalue weighted by Gasteiger charge is 2.40. The minimum Gasteiger partial charge on any atom is -0.457 e. The fourth-order valence-electron chi connectivity index (χ4n) is 1.19. The summed E-state index contributed by atoms with van der Waals surface area (Å²) in [5.74, 6) is -0.123. The Hall–Kier alpha value is 0.170. The Kier molecular flexibility index (Phi) is 2.99. The van der Waals surface area contributed by atoms with Gasteiger partial charge in [0.1, 0.15) is 6.10 Å². The Morgan fingerprint density at radius 1 is 1.67 bits per heavy atom.